The molecule has 5 atom stereocenters. The van der Waals surface area contributed by atoms with Gasteiger partial charge in [-0.1, -0.05) is 73.5 Å². The molecule has 1 unspecified atom stereocenters. The lowest BCUT2D eigenvalue weighted by atomic mass is 9.84. The van der Waals surface area contributed by atoms with Crippen LogP contribution in [0.25, 0.3) is 0 Å². The Morgan fingerprint density at radius 2 is 1.61 bits per heavy atom. The molecule has 2 aromatic rings. The van der Waals surface area contributed by atoms with Gasteiger partial charge in [0.25, 0.3) is 0 Å². The first kappa shape index (κ1) is 27.8. The highest BCUT2D eigenvalue weighted by Crippen LogP contribution is 2.40. The SMILES string of the molecule is CCOC(=O)[C@H](CCc1ccccc1)N[C@@H](C)C(=O)N1C(C(=O)OCc2ccccc2)C[C@@H]2CCCC[C@@H]21. The zero-order chi connectivity index (χ0) is 26.9. The highest BCUT2D eigenvalue weighted by Gasteiger charge is 2.49. The van der Waals surface area contributed by atoms with Crippen molar-refractivity contribution in [2.24, 2.45) is 5.92 Å². The zero-order valence-corrected chi connectivity index (χ0v) is 22.5. The molecule has 2 aliphatic rings. The summed E-state index contributed by atoms with van der Waals surface area (Å²) in [5.41, 5.74) is 2.04. The number of likely N-dealkylation sites (tertiary alicyclic amines) is 1. The molecule has 0 radical (unpaired) electrons. The number of hydrogen-bond acceptors (Lipinski definition) is 6. The van der Waals surface area contributed by atoms with E-state index in [0.29, 0.717) is 25.2 Å². The fraction of sp³-hybridized carbons (Fsp3) is 0.516. The molecule has 1 aliphatic carbocycles. The zero-order valence-electron chi connectivity index (χ0n) is 22.5. The average Bonchev–Trinajstić information content (AvgIpc) is 3.34. The number of hydrogen-bond donors (Lipinski definition) is 1. The van der Waals surface area contributed by atoms with Crippen molar-refractivity contribution in [3.8, 4) is 0 Å². The maximum absolute atomic E-state index is 13.9. The van der Waals surface area contributed by atoms with Crippen molar-refractivity contribution in [1.29, 1.82) is 0 Å². The van der Waals surface area contributed by atoms with Crippen LogP contribution in [0.4, 0.5) is 0 Å². The van der Waals surface area contributed by atoms with E-state index in [1.54, 1.807) is 18.7 Å². The first-order chi connectivity index (χ1) is 18.5. The number of nitrogens with zero attached hydrogens (tertiary/aromatic N) is 1. The Morgan fingerprint density at radius 3 is 2.29 bits per heavy atom. The van der Waals surface area contributed by atoms with Crippen molar-refractivity contribution < 1.29 is 23.9 Å². The molecule has 2 fully saturated rings. The second-order valence-corrected chi connectivity index (χ2v) is 10.4. The molecule has 0 aromatic heterocycles. The number of esters is 2. The summed E-state index contributed by atoms with van der Waals surface area (Å²) in [5.74, 6) is -0.572. The Morgan fingerprint density at radius 1 is 0.947 bits per heavy atom. The highest BCUT2D eigenvalue weighted by molar-refractivity contribution is 5.89. The maximum Gasteiger partial charge on any atom is 0.329 e. The molecule has 1 saturated heterocycles. The number of fused-ring (bicyclic) bond motifs is 1. The van der Waals surface area contributed by atoms with E-state index in [9.17, 15) is 14.4 Å². The van der Waals surface area contributed by atoms with Gasteiger partial charge in [-0.15, -0.1) is 0 Å². The van der Waals surface area contributed by atoms with E-state index in [4.69, 9.17) is 9.47 Å². The largest absolute Gasteiger partial charge is 0.465 e. The molecule has 1 aliphatic heterocycles. The van der Waals surface area contributed by atoms with E-state index in [0.717, 1.165) is 36.8 Å². The summed E-state index contributed by atoms with van der Waals surface area (Å²) >= 11 is 0. The smallest absolute Gasteiger partial charge is 0.329 e. The molecule has 2 aromatic carbocycles. The van der Waals surface area contributed by atoms with Gasteiger partial charge in [0.15, 0.2) is 0 Å². The Balaban J connectivity index is 1.45. The standard InChI is InChI=1S/C31H40N2O5/c1-3-37-30(35)26(19-18-23-12-6-4-7-13-23)32-22(2)29(34)33-27-17-11-10-16-25(27)20-28(33)31(36)38-21-24-14-8-5-9-15-24/h4-9,12-15,22,25-28,32H,3,10-11,16-21H2,1-2H3/t22-,25-,26-,27-,28?/m0/s1. The summed E-state index contributed by atoms with van der Waals surface area (Å²) in [7, 11) is 0. The normalized spacial score (nSPS) is 22.3. The van der Waals surface area contributed by atoms with Crippen molar-refractivity contribution >= 4 is 17.8 Å². The number of nitrogens with one attached hydrogen (secondary N) is 1. The van der Waals surface area contributed by atoms with Crippen molar-refractivity contribution in [3.05, 3.63) is 71.8 Å². The van der Waals surface area contributed by atoms with Crippen molar-refractivity contribution in [1.82, 2.24) is 10.2 Å². The molecule has 1 saturated carbocycles. The second-order valence-electron chi connectivity index (χ2n) is 10.4. The number of rotatable bonds is 11. The summed E-state index contributed by atoms with van der Waals surface area (Å²) in [6.07, 6.45) is 5.89. The summed E-state index contributed by atoms with van der Waals surface area (Å²) in [4.78, 5) is 41.7. The Labute approximate surface area is 225 Å². The monoisotopic (exact) mass is 520 g/mol. The van der Waals surface area contributed by atoms with Gasteiger partial charge in [0.1, 0.15) is 18.7 Å². The van der Waals surface area contributed by atoms with Crippen molar-refractivity contribution in [2.45, 2.75) is 89.6 Å². The summed E-state index contributed by atoms with van der Waals surface area (Å²) in [6.45, 7) is 4.01. The summed E-state index contributed by atoms with van der Waals surface area (Å²) in [5, 5.41) is 3.24. The van der Waals surface area contributed by atoms with E-state index in [1.807, 2.05) is 60.7 Å². The molecule has 1 amide bonds. The van der Waals surface area contributed by atoms with Gasteiger partial charge >= 0.3 is 11.9 Å². The van der Waals surface area contributed by atoms with E-state index in [1.165, 1.54) is 0 Å². The lowest BCUT2D eigenvalue weighted by Gasteiger charge is -2.35. The molecule has 204 valence electrons. The molecule has 38 heavy (non-hydrogen) atoms. The Kier molecular flexibility index (Phi) is 9.93. The van der Waals surface area contributed by atoms with E-state index in [2.05, 4.69) is 5.32 Å². The van der Waals surface area contributed by atoms with Crippen LogP contribution in [0.5, 0.6) is 0 Å². The van der Waals surface area contributed by atoms with Gasteiger partial charge in [0.05, 0.1) is 12.6 Å². The maximum atomic E-state index is 13.9. The van der Waals surface area contributed by atoms with Crippen LogP contribution in [-0.2, 0) is 36.9 Å². The molecular weight excluding hydrogens is 480 g/mol. The number of amides is 1. The van der Waals surface area contributed by atoms with Gasteiger partial charge in [-0.2, -0.15) is 0 Å². The van der Waals surface area contributed by atoms with Crippen molar-refractivity contribution in [3.63, 3.8) is 0 Å². The topological polar surface area (TPSA) is 84.9 Å². The van der Waals surface area contributed by atoms with Crippen LogP contribution < -0.4 is 5.32 Å². The van der Waals surface area contributed by atoms with Gasteiger partial charge in [0.2, 0.25) is 5.91 Å². The fourth-order valence-electron chi connectivity index (χ4n) is 5.88. The quantitative estimate of drug-likeness (QED) is 0.441. The van der Waals surface area contributed by atoms with Crippen LogP contribution >= 0.6 is 0 Å². The summed E-state index contributed by atoms with van der Waals surface area (Å²) < 4.78 is 11.0. The third kappa shape index (κ3) is 7.01. The molecule has 1 N–H and O–H groups in total. The van der Waals surface area contributed by atoms with Crippen LogP contribution in [0.1, 0.15) is 63.5 Å². The van der Waals surface area contributed by atoms with Crippen molar-refractivity contribution in [2.75, 3.05) is 6.61 Å². The number of aryl methyl sites for hydroxylation is 1. The third-order valence-electron chi connectivity index (χ3n) is 7.80. The fourth-order valence-corrected chi connectivity index (χ4v) is 5.88. The minimum Gasteiger partial charge on any atom is -0.465 e. The van der Waals surface area contributed by atoms with E-state index >= 15 is 0 Å². The van der Waals surface area contributed by atoms with Gasteiger partial charge in [-0.3, -0.25) is 14.9 Å². The van der Waals surface area contributed by atoms with Crippen LogP contribution in [-0.4, -0.2) is 53.5 Å². The molecule has 0 spiro atoms. The number of carbonyl (C=O) groups is 3. The molecule has 0 bridgehead atoms. The predicted molar refractivity (Wildman–Crippen MR) is 145 cm³/mol. The number of ether oxygens (including phenoxy) is 2. The second kappa shape index (κ2) is 13.6. The number of carbonyl (C=O) groups excluding carboxylic acids is 3. The molecule has 1 heterocycles. The van der Waals surface area contributed by atoms with Gasteiger partial charge in [0, 0.05) is 6.04 Å². The van der Waals surface area contributed by atoms with Gasteiger partial charge in [-0.05, 0) is 63.0 Å². The van der Waals surface area contributed by atoms with Crippen LogP contribution in [0.2, 0.25) is 0 Å². The Hall–Kier alpha value is -3.19. The summed E-state index contributed by atoms with van der Waals surface area (Å²) in [6, 6.07) is 17.7. The third-order valence-corrected chi connectivity index (χ3v) is 7.80. The van der Waals surface area contributed by atoms with Crippen LogP contribution in [0, 0.1) is 5.92 Å². The first-order valence-corrected chi connectivity index (χ1v) is 14.0. The van der Waals surface area contributed by atoms with Gasteiger partial charge in [-0.25, -0.2) is 4.79 Å². The highest BCUT2D eigenvalue weighted by atomic mass is 16.5. The predicted octanol–water partition coefficient (Wildman–Crippen LogP) is 4.43. The Bertz CT molecular complexity index is 1060. The lowest BCUT2D eigenvalue weighted by molar-refractivity contribution is -0.157. The molecule has 7 nitrogen and oxygen atoms in total. The minimum atomic E-state index is -0.648. The van der Waals surface area contributed by atoms with E-state index in [-0.39, 0.29) is 37.1 Å². The molecule has 4 rings (SSSR count). The average molecular weight is 521 g/mol. The van der Waals surface area contributed by atoms with E-state index < -0.39 is 18.1 Å². The first-order valence-electron chi connectivity index (χ1n) is 14.0. The minimum absolute atomic E-state index is 0.0279. The lowest BCUT2D eigenvalue weighted by Crippen LogP contribution is -2.56. The molecular formula is C31H40N2O5. The molecule has 7 heteroatoms. The van der Waals surface area contributed by atoms with Crippen LogP contribution in [0.3, 0.4) is 0 Å². The van der Waals surface area contributed by atoms with Crippen LogP contribution in [0.15, 0.2) is 60.7 Å². The number of benzene rings is 2. The van der Waals surface area contributed by atoms with Gasteiger partial charge < -0.3 is 14.4 Å².